The molecule has 0 bridgehead atoms. The van der Waals surface area contributed by atoms with Gasteiger partial charge in [0.2, 0.25) is 5.78 Å². The average molecular weight is 385 g/mol. The van der Waals surface area contributed by atoms with Gasteiger partial charge in [0.05, 0.1) is 0 Å². The van der Waals surface area contributed by atoms with Crippen molar-refractivity contribution >= 4 is 28.9 Å². The second kappa shape index (κ2) is 7.32. The van der Waals surface area contributed by atoms with Gasteiger partial charge in [-0.1, -0.05) is 0 Å². The predicted molar refractivity (Wildman–Crippen MR) is 101 cm³/mol. The van der Waals surface area contributed by atoms with Crippen molar-refractivity contribution in [2.45, 2.75) is 20.8 Å². The Bertz CT molecular complexity index is 1030. The van der Waals surface area contributed by atoms with Crippen LogP contribution in [0.3, 0.4) is 0 Å². The number of aromatic nitrogens is 3. The number of aryl methyl sites for hydroxylation is 2. The maximum Gasteiger partial charge on any atom is 0.355 e. The van der Waals surface area contributed by atoms with Crippen molar-refractivity contribution in [3.8, 4) is 5.13 Å². The molecule has 0 aliphatic rings. The van der Waals surface area contributed by atoms with E-state index in [1.54, 1.807) is 25.5 Å². The molecular formula is C19H19N3O4S. The lowest BCUT2D eigenvalue weighted by molar-refractivity contribution is 0.0465. The summed E-state index contributed by atoms with van der Waals surface area (Å²) in [6.45, 7) is 4.78. The molecule has 0 unspecified atom stereocenters. The molecule has 0 fully saturated rings. The van der Waals surface area contributed by atoms with Crippen LogP contribution in [0.1, 0.15) is 49.5 Å². The first-order valence-electron chi connectivity index (χ1n) is 8.26. The summed E-state index contributed by atoms with van der Waals surface area (Å²) >= 11 is 1.48. The van der Waals surface area contributed by atoms with E-state index in [1.165, 1.54) is 28.9 Å². The minimum Gasteiger partial charge on any atom is -0.453 e. The van der Waals surface area contributed by atoms with Crippen molar-refractivity contribution in [1.82, 2.24) is 14.1 Å². The Hall–Kier alpha value is -3.00. The normalized spacial score (nSPS) is 10.8. The summed E-state index contributed by atoms with van der Waals surface area (Å²) < 4.78 is 8.58. The van der Waals surface area contributed by atoms with E-state index in [2.05, 4.69) is 4.98 Å². The highest BCUT2D eigenvalue weighted by Gasteiger charge is 2.21. The Kier molecular flexibility index (Phi) is 5.09. The Morgan fingerprint density at radius 3 is 2.56 bits per heavy atom. The Labute approximate surface area is 160 Å². The Morgan fingerprint density at radius 2 is 1.96 bits per heavy atom. The maximum atomic E-state index is 12.6. The third-order valence-electron chi connectivity index (χ3n) is 4.30. The summed E-state index contributed by atoms with van der Waals surface area (Å²) in [5.74, 6) is -1.08. The summed E-state index contributed by atoms with van der Waals surface area (Å²) in [6, 6.07) is 3.23. The van der Waals surface area contributed by atoms with E-state index in [0.29, 0.717) is 11.1 Å². The fourth-order valence-corrected chi connectivity index (χ4v) is 3.66. The van der Waals surface area contributed by atoms with Crippen molar-refractivity contribution in [3.63, 3.8) is 0 Å². The van der Waals surface area contributed by atoms with Crippen LogP contribution in [0, 0.1) is 13.8 Å². The zero-order valence-corrected chi connectivity index (χ0v) is 16.3. The number of carbonyl (C=O) groups excluding carboxylic acids is 3. The topological polar surface area (TPSA) is 83.2 Å². The first-order valence-corrected chi connectivity index (χ1v) is 9.14. The number of ketones is 2. The van der Waals surface area contributed by atoms with Gasteiger partial charge in [-0.3, -0.25) is 14.2 Å². The highest BCUT2D eigenvalue weighted by molar-refractivity contribution is 7.12. The number of nitrogens with zero attached hydrogens (tertiary/aromatic N) is 3. The van der Waals surface area contributed by atoms with E-state index in [-0.39, 0.29) is 23.9 Å². The summed E-state index contributed by atoms with van der Waals surface area (Å²) in [7, 11) is 1.65. The molecule has 0 aromatic carbocycles. The summed E-state index contributed by atoms with van der Waals surface area (Å²) in [4.78, 5) is 40.5. The number of ether oxygens (including phenoxy) is 1. The fraction of sp³-hybridized carbons (Fsp3) is 0.263. The molecule has 0 radical (unpaired) electrons. The number of thiazole rings is 1. The molecule has 27 heavy (non-hydrogen) atoms. The molecule has 0 N–H and O–H groups in total. The van der Waals surface area contributed by atoms with Crippen LogP contribution in [0.5, 0.6) is 0 Å². The van der Waals surface area contributed by atoms with Gasteiger partial charge in [0.15, 0.2) is 17.5 Å². The van der Waals surface area contributed by atoms with Gasteiger partial charge in [0, 0.05) is 47.3 Å². The molecule has 0 aliphatic heterocycles. The lowest BCUT2D eigenvalue weighted by atomic mass is 10.1. The molecule has 0 amide bonds. The molecule has 0 aliphatic carbocycles. The number of Topliss-reactive ketones (excluding diaryl/α,β-unsaturated/α-hetero) is 2. The molecule has 3 aromatic rings. The zero-order chi connectivity index (χ0) is 19.7. The second-order valence-electron chi connectivity index (χ2n) is 6.22. The van der Waals surface area contributed by atoms with E-state index in [9.17, 15) is 14.4 Å². The minimum atomic E-state index is -0.646. The second-order valence-corrected chi connectivity index (χ2v) is 7.09. The number of carbonyl (C=O) groups is 3. The largest absolute Gasteiger partial charge is 0.453 e. The molecular weight excluding hydrogens is 366 g/mol. The highest BCUT2D eigenvalue weighted by Crippen LogP contribution is 2.22. The van der Waals surface area contributed by atoms with Crippen molar-refractivity contribution in [2.75, 3.05) is 6.61 Å². The molecule has 0 atom stereocenters. The molecule has 0 saturated carbocycles. The first-order chi connectivity index (χ1) is 12.8. The Balaban J connectivity index is 1.74. The van der Waals surface area contributed by atoms with Gasteiger partial charge in [0.1, 0.15) is 5.69 Å². The number of hydrogen-bond acceptors (Lipinski definition) is 6. The molecule has 3 heterocycles. The fourth-order valence-electron chi connectivity index (χ4n) is 2.91. The maximum absolute atomic E-state index is 12.6. The lowest BCUT2D eigenvalue weighted by Gasteiger charge is -2.06. The highest BCUT2D eigenvalue weighted by atomic mass is 32.1. The minimum absolute atomic E-state index is 0.143. The third-order valence-corrected chi connectivity index (χ3v) is 5.05. The van der Waals surface area contributed by atoms with Crippen LogP contribution in [0.4, 0.5) is 0 Å². The van der Waals surface area contributed by atoms with E-state index in [1.807, 2.05) is 23.8 Å². The molecule has 140 valence electrons. The molecule has 3 aromatic heterocycles. The van der Waals surface area contributed by atoms with Gasteiger partial charge >= 0.3 is 5.97 Å². The van der Waals surface area contributed by atoms with Gasteiger partial charge in [-0.25, -0.2) is 9.78 Å². The van der Waals surface area contributed by atoms with Crippen LogP contribution in [0.25, 0.3) is 5.13 Å². The van der Waals surface area contributed by atoms with Crippen LogP contribution in [-0.4, -0.2) is 38.3 Å². The van der Waals surface area contributed by atoms with Gasteiger partial charge in [-0.2, -0.15) is 0 Å². The monoisotopic (exact) mass is 385 g/mol. The standard InChI is InChI=1S/C19H19N3O4S/c1-11-7-15(12(2)22(11)19-20-5-6-27-19)17(24)10-26-18(25)16-8-14(13(3)23)9-21(16)4/h5-9H,10H2,1-4H3. The first kappa shape index (κ1) is 18.8. The lowest BCUT2D eigenvalue weighted by Crippen LogP contribution is -2.16. The molecule has 3 rings (SSSR count). The summed E-state index contributed by atoms with van der Waals surface area (Å²) in [6.07, 6.45) is 3.26. The number of rotatable bonds is 6. The van der Waals surface area contributed by atoms with E-state index < -0.39 is 5.97 Å². The molecule has 0 spiro atoms. The smallest absolute Gasteiger partial charge is 0.355 e. The van der Waals surface area contributed by atoms with Gasteiger partial charge in [0.25, 0.3) is 0 Å². The van der Waals surface area contributed by atoms with E-state index in [4.69, 9.17) is 4.74 Å². The number of hydrogen-bond donors (Lipinski definition) is 0. The van der Waals surface area contributed by atoms with Crippen molar-refractivity contribution in [1.29, 1.82) is 0 Å². The molecule has 0 saturated heterocycles. The van der Waals surface area contributed by atoms with Crippen molar-refractivity contribution in [3.05, 3.63) is 58.1 Å². The predicted octanol–water partition coefficient (Wildman–Crippen LogP) is 3.13. The number of esters is 1. The van der Waals surface area contributed by atoms with Crippen LogP contribution < -0.4 is 0 Å². The third kappa shape index (κ3) is 3.61. The van der Waals surface area contributed by atoms with E-state index >= 15 is 0 Å². The molecule has 7 nitrogen and oxygen atoms in total. The summed E-state index contributed by atoms with van der Waals surface area (Å²) in [5, 5.41) is 2.65. The van der Waals surface area contributed by atoms with Crippen LogP contribution in [0.2, 0.25) is 0 Å². The average Bonchev–Trinajstić information content (AvgIpc) is 3.32. The molecule has 8 heteroatoms. The van der Waals surface area contributed by atoms with Crippen molar-refractivity contribution in [2.24, 2.45) is 7.05 Å². The van der Waals surface area contributed by atoms with Gasteiger partial charge < -0.3 is 9.30 Å². The van der Waals surface area contributed by atoms with Crippen LogP contribution in [0.15, 0.2) is 29.9 Å². The van der Waals surface area contributed by atoms with Crippen LogP contribution >= 0.6 is 11.3 Å². The Morgan fingerprint density at radius 1 is 1.22 bits per heavy atom. The quantitative estimate of drug-likeness (QED) is 0.481. The van der Waals surface area contributed by atoms with Crippen LogP contribution in [-0.2, 0) is 11.8 Å². The zero-order valence-electron chi connectivity index (χ0n) is 15.5. The van der Waals surface area contributed by atoms with E-state index in [0.717, 1.165) is 16.5 Å². The van der Waals surface area contributed by atoms with Gasteiger partial charge in [-0.05, 0) is 32.9 Å². The SMILES string of the molecule is CC(=O)c1cc(C(=O)OCC(=O)c2cc(C)n(-c3nccs3)c2C)n(C)c1. The summed E-state index contributed by atoms with van der Waals surface area (Å²) in [5.41, 5.74) is 2.77. The van der Waals surface area contributed by atoms with Crippen molar-refractivity contribution < 1.29 is 19.1 Å². The van der Waals surface area contributed by atoms with Gasteiger partial charge in [-0.15, -0.1) is 11.3 Å².